The fourth-order valence-electron chi connectivity index (χ4n) is 2.30. The molecule has 1 atom stereocenters. The average Bonchev–Trinajstić information content (AvgIpc) is 2.41. The monoisotopic (exact) mass is 258 g/mol. The number of hydrogen-bond donors (Lipinski definition) is 1. The van der Waals surface area contributed by atoms with Gasteiger partial charge in [-0.25, -0.2) is 4.39 Å². The van der Waals surface area contributed by atoms with Crippen LogP contribution in [-0.2, 0) is 0 Å². The Morgan fingerprint density at radius 3 is 2.68 bits per heavy atom. The first-order valence-corrected chi connectivity index (χ1v) is 6.54. The maximum atomic E-state index is 14.0. The molecule has 0 saturated carbocycles. The number of nitrogens with one attached hydrogen (secondary N) is 1. The lowest BCUT2D eigenvalue weighted by molar-refractivity contribution is 0.553. The predicted octanol–water partition coefficient (Wildman–Crippen LogP) is 3.54. The van der Waals surface area contributed by atoms with Crippen molar-refractivity contribution in [3.05, 3.63) is 64.7 Å². The van der Waals surface area contributed by atoms with Gasteiger partial charge in [-0.2, -0.15) is 0 Å². The van der Waals surface area contributed by atoms with E-state index in [4.69, 9.17) is 0 Å². The van der Waals surface area contributed by atoms with Crippen LogP contribution >= 0.6 is 0 Å². The van der Waals surface area contributed by atoms with Crippen LogP contribution in [0.2, 0.25) is 0 Å². The summed E-state index contributed by atoms with van der Waals surface area (Å²) in [6.07, 6.45) is 2.90. The molecule has 2 aromatic rings. The van der Waals surface area contributed by atoms with Crippen molar-refractivity contribution in [1.29, 1.82) is 0 Å². The SMILES string of the molecule is CCNC(c1ccncc1F)c1cccc(C)c1C. The van der Waals surface area contributed by atoms with E-state index in [2.05, 4.69) is 36.3 Å². The predicted molar refractivity (Wildman–Crippen MR) is 75.6 cm³/mol. The van der Waals surface area contributed by atoms with E-state index in [1.54, 1.807) is 12.3 Å². The third-order valence-corrected chi connectivity index (χ3v) is 3.48. The molecule has 0 aliphatic rings. The molecule has 1 unspecified atom stereocenters. The molecule has 2 rings (SSSR count). The van der Waals surface area contributed by atoms with Crippen molar-refractivity contribution >= 4 is 0 Å². The van der Waals surface area contributed by atoms with Crippen LogP contribution < -0.4 is 5.32 Å². The van der Waals surface area contributed by atoms with Crippen molar-refractivity contribution in [3.63, 3.8) is 0 Å². The van der Waals surface area contributed by atoms with E-state index in [9.17, 15) is 4.39 Å². The van der Waals surface area contributed by atoms with Gasteiger partial charge in [-0.15, -0.1) is 0 Å². The maximum Gasteiger partial charge on any atom is 0.146 e. The van der Waals surface area contributed by atoms with E-state index in [-0.39, 0.29) is 11.9 Å². The van der Waals surface area contributed by atoms with Crippen LogP contribution in [0.3, 0.4) is 0 Å². The Labute approximate surface area is 113 Å². The van der Waals surface area contributed by atoms with Gasteiger partial charge in [0, 0.05) is 11.8 Å². The Bertz CT molecular complexity index is 566. The van der Waals surface area contributed by atoms with Crippen LogP contribution in [0.1, 0.15) is 35.2 Å². The zero-order valence-corrected chi connectivity index (χ0v) is 11.6. The van der Waals surface area contributed by atoms with E-state index >= 15 is 0 Å². The van der Waals surface area contributed by atoms with E-state index < -0.39 is 0 Å². The Hall–Kier alpha value is -1.74. The van der Waals surface area contributed by atoms with Gasteiger partial charge in [-0.05, 0) is 43.1 Å². The number of halogens is 1. The fraction of sp³-hybridized carbons (Fsp3) is 0.312. The summed E-state index contributed by atoms with van der Waals surface area (Å²) in [6.45, 7) is 6.95. The number of nitrogens with zero attached hydrogens (tertiary/aromatic N) is 1. The molecule has 1 heterocycles. The number of pyridine rings is 1. The molecule has 0 spiro atoms. The topological polar surface area (TPSA) is 24.9 Å². The van der Waals surface area contributed by atoms with Gasteiger partial charge < -0.3 is 5.32 Å². The number of hydrogen-bond acceptors (Lipinski definition) is 2. The molecule has 1 aromatic heterocycles. The highest BCUT2D eigenvalue weighted by Gasteiger charge is 2.19. The second-order valence-corrected chi connectivity index (χ2v) is 4.68. The van der Waals surface area contributed by atoms with E-state index in [1.807, 2.05) is 13.0 Å². The second-order valence-electron chi connectivity index (χ2n) is 4.68. The van der Waals surface area contributed by atoms with E-state index in [0.29, 0.717) is 5.56 Å². The van der Waals surface area contributed by atoms with Crippen LogP contribution in [-0.4, -0.2) is 11.5 Å². The minimum atomic E-state index is -0.269. The van der Waals surface area contributed by atoms with Gasteiger partial charge in [0.15, 0.2) is 0 Å². The molecular formula is C16H19FN2. The number of aromatic nitrogens is 1. The van der Waals surface area contributed by atoms with E-state index in [0.717, 1.165) is 12.1 Å². The molecule has 1 aromatic carbocycles. The molecule has 0 aliphatic carbocycles. The Morgan fingerprint density at radius 1 is 1.21 bits per heavy atom. The summed E-state index contributed by atoms with van der Waals surface area (Å²) in [5.41, 5.74) is 4.18. The number of benzene rings is 1. The van der Waals surface area contributed by atoms with Gasteiger partial charge in [0.2, 0.25) is 0 Å². The van der Waals surface area contributed by atoms with Gasteiger partial charge >= 0.3 is 0 Å². The molecule has 0 radical (unpaired) electrons. The van der Waals surface area contributed by atoms with Gasteiger partial charge in [-0.3, -0.25) is 4.98 Å². The summed E-state index contributed by atoms with van der Waals surface area (Å²) in [5, 5.41) is 3.36. The summed E-state index contributed by atoms with van der Waals surface area (Å²) in [5.74, 6) is -0.269. The summed E-state index contributed by atoms with van der Waals surface area (Å²) in [4.78, 5) is 3.82. The highest BCUT2D eigenvalue weighted by atomic mass is 19.1. The van der Waals surface area contributed by atoms with Crippen molar-refractivity contribution in [2.24, 2.45) is 0 Å². The maximum absolute atomic E-state index is 14.0. The Balaban J connectivity index is 2.52. The largest absolute Gasteiger partial charge is 0.306 e. The molecule has 3 heteroatoms. The van der Waals surface area contributed by atoms with Crippen LogP contribution in [0, 0.1) is 19.7 Å². The molecule has 100 valence electrons. The summed E-state index contributed by atoms with van der Waals surface area (Å²) < 4.78 is 14.0. The lowest BCUT2D eigenvalue weighted by Gasteiger charge is -2.22. The molecule has 19 heavy (non-hydrogen) atoms. The molecule has 0 amide bonds. The number of aryl methyl sites for hydroxylation is 1. The van der Waals surface area contributed by atoms with Crippen LogP contribution in [0.4, 0.5) is 4.39 Å². The van der Waals surface area contributed by atoms with Crippen LogP contribution in [0.15, 0.2) is 36.7 Å². The van der Waals surface area contributed by atoms with Gasteiger partial charge in [0.1, 0.15) is 5.82 Å². The van der Waals surface area contributed by atoms with Crippen LogP contribution in [0.5, 0.6) is 0 Å². The Kier molecular flexibility index (Phi) is 4.27. The summed E-state index contributed by atoms with van der Waals surface area (Å²) in [7, 11) is 0. The van der Waals surface area contributed by atoms with Gasteiger partial charge in [0.05, 0.1) is 12.2 Å². The average molecular weight is 258 g/mol. The second kappa shape index (κ2) is 5.93. The zero-order valence-electron chi connectivity index (χ0n) is 11.6. The minimum absolute atomic E-state index is 0.132. The smallest absolute Gasteiger partial charge is 0.146 e. The Morgan fingerprint density at radius 2 is 2.00 bits per heavy atom. The highest BCUT2D eigenvalue weighted by molar-refractivity contribution is 5.40. The fourth-order valence-corrected chi connectivity index (χ4v) is 2.30. The molecule has 2 nitrogen and oxygen atoms in total. The first-order valence-electron chi connectivity index (χ1n) is 6.54. The lowest BCUT2D eigenvalue weighted by Crippen LogP contribution is -2.24. The standard InChI is InChI=1S/C16H19FN2/c1-4-19-16(14-8-9-18-10-15(14)17)13-7-5-6-11(2)12(13)3/h5-10,16,19H,4H2,1-3H3. The first-order chi connectivity index (χ1) is 9.15. The number of rotatable bonds is 4. The third-order valence-electron chi connectivity index (χ3n) is 3.48. The lowest BCUT2D eigenvalue weighted by atomic mass is 9.93. The van der Waals surface area contributed by atoms with Crippen molar-refractivity contribution in [2.45, 2.75) is 26.8 Å². The minimum Gasteiger partial charge on any atom is -0.306 e. The first kappa shape index (κ1) is 13.7. The van der Waals surface area contributed by atoms with Gasteiger partial charge in [0.25, 0.3) is 0 Å². The molecular weight excluding hydrogens is 239 g/mol. The quantitative estimate of drug-likeness (QED) is 0.907. The molecule has 0 aliphatic heterocycles. The van der Waals surface area contributed by atoms with Gasteiger partial charge in [-0.1, -0.05) is 25.1 Å². The zero-order chi connectivity index (χ0) is 13.8. The summed E-state index contributed by atoms with van der Waals surface area (Å²) in [6, 6.07) is 7.75. The van der Waals surface area contributed by atoms with Crippen molar-refractivity contribution < 1.29 is 4.39 Å². The van der Waals surface area contributed by atoms with Crippen LogP contribution in [0.25, 0.3) is 0 Å². The van der Waals surface area contributed by atoms with E-state index in [1.165, 1.54) is 17.3 Å². The normalized spacial score (nSPS) is 12.4. The highest BCUT2D eigenvalue weighted by Crippen LogP contribution is 2.27. The van der Waals surface area contributed by atoms with Crippen molar-refractivity contribution in [3.8, 4) is 0 Å². The summed E-state index contributed by atoms with van der Waals surface area (Å²) >= 11 is 0. The van der Waals surface area contributed by atoms with Crippen molar-refractivity contribution in [1.82, 2.24) is 10.3 Å². The molecule has 0 fully saturated rings. The third kappa shape index (κ3) is 2.82. The molecule has 1 N–H and O–H groups in total. The molecule has 0 saturated heterocycles. The molecule has 0 bridgehead atoms. The van der Waals surface area contributed by atoms with Crippen molar-refractivity contribution in [2.75, 3.05) is 6.54 Å².